The van der Waals surface area contributed by atoms with E-state index < -0.39 is 0 Å². The fraction of sp³-hybridized carbons (Fsp3) is 0.261. The van der Waals surface area contributed by atoms with Crippen LogP contribution in [0, 0.1) is 0 Å². The Bertz CT molecular complexity index is 1030. The molecule has 0 aliphatic carbocycles. The molecule has 2 heterocycles. The van der Waals surface area contributed by atoms with Crippen LogP contribution in [0.2, 0.25) is 0 Å². The molecule has 0 atom stereocenters. The van der Waals surface area contributed by atoms with Gasteiger partial charge in [0.2, 0.25) is 0 Å². The van der Waals surface area contributed by atoms with Crippen molar-refractivity contribution in [2.45, 2.75) is 33.7 Å². The minimum absolute atomic E-state index is 0.403. The van der Waals surface area contributed by atoms with E-state index in [0.717, 1.165) is 19.5 Å². The van der Waals surface area contributed by atoms with Gasteiger partial charge in [0.05, 0.1) is 0 Å². The van der Waals surface area contributed by atoms with Crippen LogP contribution in [0.15, 0.2) is 64.8 Å². The minimum atomic E-state index is 0.403. The molecule has 0 amide bonds. The Morgan fingerprint density at radius 3 is 2.59 bits per heavy atom. The second kappa shape index (κ2) is 8.20. The van der Waals surface area contributed by atoms with Crippen molar-refractivity contribution >= 4 is 55.5 Å². The van der Waals surface area contributed by atoms with E-state index in [1.165, 1.54) is 34.7 Å². The topological polar surface area (TPSA) is 7.12 Å². The van der Waals surface area contributed by atoms with Crippen LogP contribution in [-0.4, -0.2) is 36.0 Å². The predicted molar refractivity (Wildman–Crippen MR) is 118 cm³/mol. The van der Waals surface area contributed by atoms with E-state index in [9.17, 15) is 0 Å². The monoisotopic (exact) mass is 489 g/mol. The molecule has 0 radical (unpaired) electrons. The number of hydrogen-bond acceptors (Lipinski definition) is 1. The standard InChI is InChI=1S/C23H25N2Se2/c1-4-17(15-22-24(5-2)18-11-7-9-13-20(18)26-22)16-23-25(6-3)19-12-8-10-14-21(19)27-23/h7-16H,4-6H2,1-3H3/q+1. The molecule has 0 fully saturated rings. The summed E-state index contributed by atoms with van der Waals surface area (Å²) in [6, 6.07) is 17.8. The Kier molecular flexibility index (Phi) is 5.71. The van der Waals surface area contributed by atoms with E-state index in [1.54, 1.807) is 0 Å². The fourth-order valence-corrected chi connectivity index (χ4v) is 8.58. The summed E-state index contributed by atoms with van der Waals surface area (Å²) in [5.74, 6) is 0. The summed E-state index contributed by atoms with van der Waals surface area (Å²) in [6.07, 6.45) is 5.99. The van der Waals surface area contributed by atoms with Gasteiger partial charge in [0.1, 0.15) is 0 Å². The van der Waals surface area contributed by atoms with Crippen molar-refractivity contribution in [1.29, 1.82) is 0 Å². The maximum absolute atomic E-state index is 2.50. The molecular formula is C23H25N2Se2+. The number of hydrogen-bond donors (Lipinski definition) is 0. The molecule has 138 valence electrons. The number of fused-ring (bicyclic) bond motifs is 2. The molecule has 3 aromatic rings. The Hall–Kier alpha value is -1.57. The zero-order chi connectivity index (χ0) is 18.8. The number of nitrogens with zero attached hydrogens (tertiary/aromatic N) is 2. The van der Waals surface area contributed by atoms with Gasteiger partial charge in [-0.15, -0.1) is 0 Å². The van der Waals surface area contributed by atoms with Crippen molar-refractivity contribution in [2.75, 3.05) is 11.4 Å². The van der Waals surface area contributed by atoms with Crippen LogP contribution in [0.3, 0.4) is 0 Å². The van der Waals surface area contributed by atoms with E-state index in [-0.39, 0.29) is 0 Å². The molecule has 1 aromatic heterocycles. The van der Waals surface area contributed by atoms with Crippen molar-refractivity contribution < 1.29 is 4.57 Å². The first kappa shape index (κ1) is 18.8. The van der Waals surface area contributed by atoms with Crippen LogP contribution >= 0.6 is 0 Å². The number of benzene rings is 2. The third-order valence-corrected chi connectivity index (χ3v) is 9.60. The number of aryl methyl sites for hydroxylation is 1. The molecule has 4 rings (SSSR count). The van der Waals surface area contributed by atoms with Gasteiger partial charge in [-0.05, 0) is 0 Å². The van der Waals surface area contributed by atoms with Crippen molar-refractivity contribution in [3.8, 4) is 0 Å². The molecular weight excluding hydrogens is 462 g/mol. The van der Waals surface area contributed by atoms with Crippen LogP contribution in [0.25, 0.3) is 15.9 Å². The number of anilines is 1. The Morgan fingerprint density at radius 1 is 1.04 bits per heavy atom. The molecule has 0 saturated carbocycles. The number of rotatable bonds is 5. The fourth-order valence-electron chi connectivity index (χ4n) is 3.54. The normalized spacial score (nSPS) is 15.7. The third-order valence-electron chi connectivity index (χ3n) is 4.93. The zero-order valence-electron chi connectivity index (χ0n) is 16.1. The molecule has 1 aliphatic rings. The van der Waals surface area contributed by atoms with Crippen molar-refractivity contribution in [3.05, 3.63) is 69.3 Å². The predicted octanol–water partition coefficient (Wildman–Crippen LogP) is 3.71. The SMILES string of the molecule is CCC(=C/c1[se]c2ccccc2[n+]1CC)/C=C1\[Se]c2ccccc2N1CC. The van der Waals surface area contributed by atoms with Crippen molar-refractivity contribution in [1.82, 2.24) is 0 Å². The number of allylic oxidation sites excluding steroid dienone is 2. The Morgan fingerprint density at radius 2 is 1.81 bits per heavy atom. The number of para-hydroxylation sites is 2. The third kappa shape index (κ3) is 3.60. The van der Waals surface area contributed by atoms with Crippen LogP contribution in [-0.2, 0) is 6.54 Å². The van der Waals surface area contributed by atoms with E-state index in [2.05, 4.69) is 90.9 Å². The van der Waals surface area contributed by atoms with Gasteiger partial charge in [-0.2, -0.15) is 0 Å². The van der Waals surface area contributed by atoms with Crippen LogP contribution < -0.4 is 13.9 Å². The molecule has 1 aliphatic heterocycles. The van der Waals surface area contributed by atoms with Gasteiger partial charge in [-0.3, -0.25) is 0 Å². The summed E-state index contributed by atoms with van der Waals surface area (Å²) < 4.78 is 8.50. The van der Waals surface area contributed by atoms with E-state index in [1.807, 2.05) is 0 Å². The van der Waals surface area contributed by atoms with E-state index in [0.29, 0.717) is 29.5 Å². The van der Waals surface area contributed by atoms with E-state index >= 15 is 0 Å². The van der Waals surface area contributed by atoms with Gasteiger partial charge in [-0.25, -0.2) is 0 Å². The van der Waals surface area contributed by atoms with Gasteiger partial charge in [0.15, 0.2) is 0 Å². The first-order valence-electron chi connectivity index (χ1n) is 9.63. The molecule has 2 aromatic carbocycles. The molecule has 2 nitrogen and oxygen atoms in total. The van der Waals surface area contributed by atoms with Gasteiger partial charge in [0, 0.05) is 0 Å². The number of aromatic nitrogens is 1. The molecule has 0 saturated heterocycles. The first-order chi connectivity index (χ1) is 13.2. The van der Waals surface area contributed by atoms with Gasteiger partial charge in [-0.1, -0.05) is 0 Å². The summed E-state index contributed by atoms with van der Waals surface area (Å²) in [5, 5.41) is 0. The maximum atomic E-state index is 2.50. The summed E-state index contributed by atoms with van der Waals surface area (Å²) in [4.78, 5) is 2.50. The average Bonchev–Trinajstić information content (AvgIpc) is 3.23. The van der Waals surface area contributed by atoms with Crippen LogP contribution in [0.5, 0.6) is 0 Å². The van der Waals surface area contributed by atoms with Gasteiger partial charge < -0.3 is 0 Å². The Labute approximate surface area is 174 Å². The van der Waals surface area contributed by atoms with Gasteiger partial charge in [0.25, 0.3) is 0 Å². The summed E-state index contributed by atoms with van der Waals surface area (Å²) in [5.41, 5.74) is 4.25. The van der Waals surface area contributed by atoms with Crippen molar-refractivity contribution in [3.63, 3.8) is 0 Å². The molecule has 0 N–H and O–H groups in total. The Balaban J connectivity index is 1.74. The molecule has 0 spiro atoms. The van der Waals surface area contributed by atoms with Crippen LogP contribution in [0.1, 0.15) is 31.8 Å². The molecule has 0 bridgehead atoms. The molecule has 0 unspecified atom stereocenters. The quantitative estimate of drug-likeness (QED) is 0.393. The van der Waals surface area contributed by atoms with Crippen molar-refractivity contribution in [2.24, 2.45) is 0 Å². The van der Waals surface area contributed by atoms with Gasteiger partial charge >= 0.3 is 175 Å². The molecule has 27 heavy (non-hydrogen) atoms. The second-order valence-electron chi connectivity index (χ2n) is 6.52. The van der Waals surface area contributed by atoms with Crippen LogP contribution in [0.4, 0.5) is 5.69 Å². The zero-order valence-corrected chi connectivity index (χ0v) is 19.5. The summed E-state index contributed by atoms with van der Waals surface area (Å²) >= 11 is 0.805. The first-order valence-corrected chi connectivity index (χ1v) is 13.1. The average molecular weight is 487 g/mol. The molecule has 4 heteroatoms. The van der Waals surface area contributed by atoms with E-state index in [4.69, 9.17) is 0 Å². The summed E-state index contributed by atoms with van der Waals surface area (Å²) in [6.45, 7) is 8.86. The summed E-state index contributed by atoms with van der Waals surface area (Å²) in [7, 11) is 0. The second-order valence-corrected chi connectivity index (χ2v) is 11.0.